The lowest BCUT2D eigenvalue weighted by Crippen LogP contribution is -2.59. The van der Waals surface area contributed by atoms with Gasteiger partial charge in [0.15, 0.2) is 0 Å². The molecule has 4 aliphatic rings. The highest BCUT2D eigenvalue weighted by molar-refractivity contribution is 5.84. The monoisotopic (exact) mass is 339 g/mol. The first kappa shape index (κ1) is 15.7. The third-order valence-corrected chi connectivity index (χ3v) is 7.17. The average Bonchev–Trinajstić information content (AvgIpc) is 2.94. The maximum absolute atomic E-state index is 10.0. The van der Waals surface area contributed by atoms with Crippen molar-refractivity contribution in [3.8, 4) is 5.75 Å². The summed E-state index contributed by atoms with van der Waals surface area (Å²) >= 11 is 0. The van der Waals surface area contributed by atoms with Crippen LogP contribution < -0.4 is 0 Å². The SMILES string of the molecule is CCC[C@H]1Cc2c(oc3ccc(O)cc23)[C@@H]2C[C@@H]3C[C@H](CC)C2N1C3. The Balaban J connectivity index is 1.69. The highest BCUT2D eigenvalue weighted by Crippen LogP contribution is 2.53. The minimum atomic E-state index is 0.351. The molecule has 1 saturated carbocycles. The molecule has 1 aliphatic carbocycles. The van der Waals surface area contributed by atoms with E-state index in [1.165, 1.54) is 50.0 Å². The predicted octanol–water partition coefficient (Wildman–Crippen LogP) is 5.07. The highest BCUT2D eigenvalue weighted by atomic mass is 16.3. The standard InChI is InChI=1S/C22H29NO2/c1-3-5-15-10-18-17-11-16(24)6-7-20(17)25-22(18)19-9-13-8-14(4-2)21(19)23(15)12-13/h6-7,11,13-15,19,21,24H,3-5,8-10,12H2,1-2H3/t13-,14-,15-,19+,21?/m0/s1. The summed E-state index contributed by atoms with van der Waals surface area (Å²) in [7, 11) is 0. The largest absolute Gasteiger partial charge is 0.508 e. The molecule has 1 aromatic heterocycles. The lowest BCUT2D eigenvalue weighted by Gasteiger charge is -2.55. The van der Waals surface area contributed by atoms with Crippen molar-refractivity contribution in [3.05, 3.63) is 29.5 Å². The Labute approximate surface area is 150 Å². The fourth-order valence-corrected chi connectivity index (χ4v) is 6.24. The Morgan fingerprint density at radius 2 is 2.12 bits per heavy atom. The highest BCUT2D eigenvalue weighted by Gasteiger charge is 2.51. The second kappa shape index (κ2) is 5.77. The second-order valence-electron chi connectivity index (χ2n) is 8.57. The molecule has 0 amide bonds. The van der Waals surface area contributed by atoms with Gasteiger partial charge in [0.1, 0.15) is 17.1 Å². The lowest BCUT2D eigenvalue weighted by atomic mass is 9.65. The van der Waals surface area contributed by atoms with Crippen molar-refractivity contribution in [1.82, 2.24) is 4.90 Å². The number of rotatable bonds is 3. The Morgan fingerprint density at radius 1 is 1.24 bits per heavy atom. The summed E-state index contributed by atoms with van der Waals surface area (Å²) in [5.74, 6) is 3.78. The zero-order valence-corrected chi connectivity index (χ0v) is 15.4. The molecule has 25 heavy (non-hydrogen) atoms. The number of piperidine rings is 2. The molecular weight excluding hydrogens is 310 g/mol. The molecule has 6 rings (SSSR count). The molecule has 3 heteroatoms. The number of hydrogen-bond acceptors (Lipinski definition) is 3. The van der Waals surface area contributed by atoms with Crippen molar-refractivity contribution < 1.29 is 9.52 Å². The van der Waals surface area contributed by atoms with Crippen LogP contribution in [0.5, 0.6) is 5.75 Å². The van der Waals surface area contributed by atoms with E-state index in [-0.39, 0.29) is 0 Å². The number of fused-ring (bicyclic) bond motifs is 4. The van der Waals surface area contributed by atoms with Gasteiger partial charge in [0.2, 0.25) is 0 Å². The van der Waals surface area contributed by atoms with E-state index in [0.29, 0.717) is 23.8 Å². The summed E-state index contributed by atoms with van der Waals surface area (Å²) in [5.41, 5.74) is 2.35. The molecule has 2 saturated heterocycles. The van der Waals surface area contributed by atoms with Gasteiger partial charge in [-0.05, 0) is 55.7 Å². The number of phenols is 1. The van der Waals surface area contributed by atoms with E-state index in [4.69, 9.17) is 4.42 Å². The van der Waals surface area contributed by atoms with Crippen molar-refractivity contribution >= 4 is 11.0 Å². The first-order valence-electron chi connectivity index (χ1n) is 10.2. The van der Waals surface area contributed by atoms with Crippen molar-refractivity contribution in [1.29, 1.82) is 0 Å². The van der Waals surface area contributed by atoms with Crippen LogP contribution in [0.2, 0.25) is 0 Å². The number of phenolic OH excluding ortho intramolecular Hbond substituents is 1. The van der Waals surface area contributed by atoms with E-state index in [1.807, 2.05) is 12.1 Å². The molecule has 2 unspecified atom stereocenters. The molecule has 4 heterocycles. The molecule has 3 fully saturated rings. The molecule has 1 N–H and O–H groups in total. The minimum absolute atomic E-state index is 0.351. The second-order valence-corrected chi connectivity index (χ2v) is 8.57. The number of furan rings is 1. The van der Waals surface area contributed by atoms with Gasteiger partial charge in [-0.15, -0.1) is 0 Å². The summed E-state index contributed by atoms with van der Waals surface area (Å²) in [6, 6.07) is 6.90. The Morgan fingerprint density at radius 3 is 2.92 bits per heavy atom. The Bertz CT molecular complexity index is 795. The van der Waals surface area contributed by atoms with Crippen LogP contribution in [0.3, 0.4) is 0 Å². The Hall–Kier alpha value is -1.48. The summed E-state index contributed by atoms with van der Waals surface area (Å²) in [5, 5.41) is 11.2. The van der Waals surface area contributed by atoms with Crippen molar-refractivity contribution in [2.45, 2.75) is 70.4 Å². The van der Waals surface area contributed by atoms with Gasteiger partial charge < -0.3 is 9.52 Å². The van der Waals surface area contributed by atoms with E-state index in [9.17, 15) is 5.11 Å². The van der Waals surface area contributed by atoms with Crippen molar-refractivity contribution in [3.63, 3.8) is 0 Å². The summed E-state index contributed by atoms with van der Waals surface area (Å²) in [6.07, 6.45) is 7.55. The van der Waals surface area contributed by atoms with Crippen LogP contribution in [0.25, 0.3) is 11.0 Å². The number of benzene rings is 1. The molecule has 3 nitrogen and oxygen atoms in total. The van der Waals surface area contributed by atoms with Crippen LogP contribution in [0, 0.1) is 11.8 Å². The molecule has 2 aromatic rings. The van der Waals surface area contributed by atoms with Gasteiger partial charge >= 0.3 is 0 Å². The third-order valence-electron chi connectivity index (χ3n) is 7.17. The zero-order chi connectivity index (χ0) is 17.1. The molecule has 134 valence electrons. The lowest BCUT2D eigenvalue weighted by molar-refractivity contribution is -0.0443. The molecule has 4 bridgehead atoms. The van der Waals surface area contributed by atoms with Gasteiger partial charge in [0.25, 0.3) is 0 Å². The fraction of sp³-hybridized carbons (Fsp3) is 0.636. The quantitative estimate of drug-likeness (QED) is 0.848. The molecule has 3 aliphatic heterocycles. The van der Waals surface area contributed by atoms with E-state index in [0.717, 1.165) is 29.2 Å². The van der Waals surface area contributed by atoms with Crippen LogP contribution in [-0.2, 0) is 6.42 Å². The fourth-order valence-electron chi connectivity index (χ4n) is 6.24. The van der Waals surface area contributed by atoms with Crippen LogP contribution >= 0.6 is 0 Å². The number of hydrogen-bond donors (Lipinski definition) is 1. The van der Waals surface area contributed by atoms with Gasteiger partial charge in [0, 0.05) is 35.5 Å². The van der Waals surface area contributed by atoms with Crippen LogP contribution in [0.4, 0.5) is 0 Å². The molecule has 6 atom stereocenters. The summed E-state index contributed by atoms with van der Waals surface area (Å²) < 4.78 is 6.45. The predicted molar refractivity (Wildman–Crippen MR) is 100 cm³/mol. The maximum Gasteiger partial charge on any atom is 0.134 e. The smallest absolute Gasteiger partial charge is 0.134 e. The maximum atomic E-state index is 10.0. The third kappa shape index (κ3) is 2.28. The summed E-state index contributed by atoms with van der Waals surface area (Å²) in [6.45, 7) is 5.96. The average molecular weight is 339 g/mol. The van der Waals surface area contributed by atoms with E-state index in [1.54, 1.807) is 6.07 Å². The van der Waals surface area contributed by atoms with E-state index in [2.05, 4.69) is 18.7 Å². The normalized spacial score (nSPS) is 36.4. The van der Waals surface area contributed by atoms with Crippen LogP contribution in [0.1, 0.15) is 63.2 Å². The molecule has 1 aromatic carbocycles. The van der Waals surface area contributed by atoms with Crippen LogP contribution in [-0.4, -0.2) is 28.6 Å². The van der Waals surface area contributed by atoms with Crippen molar-refractivity contribution in [2.24, 2.45) is 11.8 Å². The minimum Gasteiger partial charge on any atom is -0.508 e. The van der Waals surface area contributed by atoms with Gasteiger partial charge in [-0.1, -0.05) is 26.7 Å². The first-order chi connectivity index (χ1) is 12.2. The number of aromatic hydroxyl groups is 1. The Kier molecular flexibility index (Phi) is 3.63. The van der Waals surface area contributed by atoms with Gasteiger partial charge in [0.05, 0.1) is 0 Å². The summed E-state index contributed by atoms with van der Waals surface area (Å²) in [4.78, 5) is 2.87. The molecular formula is C22H29NO2. The molecule has 0 radical (unpaired) electrons. The topological polar surface area (TPSA) is 36.6 Å². The van der Waals surface area contributed by atoms with Gasteiger partial charge in [-0.25, -0.2) is 0 Å². The van der Waals surface area contributed by atoms with E-state index < -0.39 is 0 Å². The van der Waals surface area contributed by atoms with Crippen LogP contribution in [0.15, 0.2) is 22.6 Å². The molecule has 0 spiro atoms. The van der Waals surface area contributed by atoms with Gasteiger partial charge in [-0.3, -0.25) is 4.90 Å². The first-order valence-corrected chi connectivity index (χ1v) is 10.2. The zero-order valence-electron chi connectivity index (χ0n) is 15.4. The number of nitrogens with zero attached hydrogens (tertiary/aromatic N) is 1. The van der Waals surface area contributed by atoms with E-state index >= 15 is 0 Å². The van der Waals surface area contributed by atoms with Gasteiger partial charge in [-0.2, -0.15) is 0 Å². The van der Waals surface area contributed by atoms with Crippen molar-refractivity contribution in [2.75, 3.05) is 6.54 Å².